The van der Waals surface area contributed by atoms with Gasteiger partial charge >= 0.3 is 5.97 Å². The molecule has 1 aliphatic carbocycles. The molecule has 0 heterocycles. The summed E-state index contributed by atoms with van der Waals surface area (Å²) < 4.78 is 10.5. The molecule has 3 heteroatoms. The van der Waals surface area contributed by atoms with E-state index in [-0.39, 0.29) is 18.7 Å². The van der Waals surface area contributed by atoms with Crippen molar-refractivity contribution in [1.29, 1.82) is 0 Å². The Labute approximate surface area is 97.1 Å². The van der Waals surface area contributed by atoms with E-state index in [1.54, 1.807) is 0 Å². The van der Waals surface area contributed by atoms with Crippen molar-refractivity contribution in [3.63, 3.8) is 0 Å². The number of rotatable bonds is 6. The monoisotopic (exact) mass is 224 g/mol. The minimum Gasteiger partial charge on any atom is -0.459 e. The molecular formula is C13H20O3. The maximum atomic E-state index is 11.6. The molecule has 1 fully saturated rings. The number of carbonyl (C=O) groups excluding carboxylic acids is 1. The maximum Gasteiger partial charge on any atom is 0.336 e. The van der Waals surface area contributed by atoms with E-state index in [0.717, 1.165) is 31.3 Å². The normalized spacial score (nSPS) is 16.1. The zero-order valence-corrected chi connectivity index (χ0v) is 9.96. The number of esters is 1. The standard InChI is InChI=1S/C13H20O3/c1-10(2)8-15-9-11(3)13(14)16-12-6-4-5-7-12/h12H,1,3-9H2,2H3. The third-order valence-corrected chi connectivity index (χ3v) is 2.49. The molecule has 3 nitrogen and oxygen atoms in total. The molecule has 0 N–H and O–H groups in total. The fraction of sp³-hybridized carbons (Fsp3) is 0.615. The highest BCUT2D eigenvalue weighted by Crippen LogP contribution is 2.21. The third-order valence-electron chi connectivity index (χ3n) is 2.49. The van der Waals surface area contributed by atoms with Crippen molar-refractivity contribution >= 4 is 5.97 Å². The van der Waals surface area contributed by atoms with Gasteiger partial charge in [-0.05, 0) is 32.6 Å². The first-order valence-corrected chi connectivity index (χ1v) is 5.70. The molecule has 0 saturated heterocycles. The van der Waals surface area contributed by atoms with Crippen LogP contribution < -0.4 is 0 Å². The smallest absolute Gasteiger partial charge is 0.336 e. The Bertz CT molecular complexity index is 275. The van der Waals surface area contributed by atoms with Gasteiger partial charge in [-0.2, -0.15) is 0 Å². The Morgan fingerprint density at radius 1 is 1.25 bits per heavy atom. The lowest BCUT2D eigenvalue weighted by Gasteiger charge is -2.12. The molecule has 1 saturated carbocycles. The maximum absolute atomic E-state index is 11.6. The summed E-state index contributed by atoms with van der Waals surface area (Å²) in [6, 6.07) is 0. The lowest BCUT2D eigenvalue weighted by molar-refractivity contribution is -0.144. The number of hydrogen-bond donors (Lipinski definition) is 0. The van der Waals surface area contributed by atoms with E-state index in [9.17, 15) is 4.79 Å². The van der Waals surface area contributed by atoms with Gasteiger partial charge in [0, 0.05) is 0 Å². The van der Waals surface area contributed by atoms with E-state index in [4.69, 9.17) is 9.47 Å². The number of carbonyl (C=O) groups is 1. The second-order valence-corrected chi connectivity index (χ2v) is 4.37. The van der Waals surface area contributed by atoms with Crippen LogP contribution in [0.15, 0.2) is 24.3 Å². The molecule has 0 aromatic carbocycles. The summed E-state index contributed by atoms with van der Waals surface area (Å²) >= 11 is 0. The van der Waals surface area contributed by atoms with Gasteiger partial charge in [0.05, 0.1) is 18.8 Å². The van der Waals surface area contributed by atoms with E-state index in [2.05, 4.69) is 13.2 Å². The topological polar surface area (TPSA) is 35.5 Å². The van der Waals surface area contributed by atoms with Crippen LogP contribution in [0.3, 0.4) is 0 Å². The molecule has 0 atom stereocenters. The predicted octanol–water partition coefficient (Wildman–Crippen LogP) is 2.62. The van der Waals surface area contributed by atoms with Gasteiger partial charge in [-0.25, -0.2) is 4.79 Å². The second-order valence-electron chi connectivity index (χ2n) is 4.37. The highest BCUT2D eigenvalue weighted by Gasteiger charge is 2.20. The van der Waals surface area contributed by atoms with Crippen molar-refractivity contribution in [3.8, 4) is 0 Å². The highest BCUT2D eigenvalue weighted by molar-refractivity contribution is 5.88. The summed E-state index contributed by atoms with van der Waals surface area (Å²) in [6.07, 6.45) is 4.34. The lowest BCUT2D eigenvalue weighted by Crippen LogP contribution is -2.18. The van der Waals surface area contributed by atoms with Crippen molar-refractivity contribution in [2.24, 2.45) is 0 Å². The van der Waals surface area contributed by atoms with Crippen molar-refractivity contribution in [1.82, 2.24) is 0 Å². The summed E-state index contributed by atoms with van der Waals surface area (Å²) in [6.45, 7) is 9.92. The van der Waals surface area contributed by atoms with E-state index in [0.29, 0.717) is 12.2 Å². The molecule has 0 aromatic rings. The minimum atomic E-state index is -0.325. The van der Waals surface area contributed by atoms with Crippen molar-refractivity contribution in [2.45, 2.75) is 38.7 Å². The van der Waals surface area contributed by atoms with Crippen molar-refractivity contribution in [3.05, 3.63) is 24.3 Å². The van der Waals surface area contributed by atoms with Crippen LogP contribution in [-0.4, -0.2) is 25.3 Å². The molecule has 0 radical (unpaired) electrons. The molecule has 90 valence electrons. The Morgan fingerprint density at radius 3 is 2.44 bits per heavy atom. The van der Waals surface area contributed by atoms with Gasteiger partial charge < -0.3 is 9.47 Å². The average molecular weight is 224 g/mol. The van der Waals surface area contributed by atoms with E-state index in [1.807, 2.05) is 6.92 Å². The molecular weight excluding hydrogens is 204 g/mol. The summed E-state index contributed by atoms with van der Waals surface area (Å²) in [5, 5.41) is 0. The molecule has 0 aromatic heterocycles. The van der Waals surface area contributed by atoms with Crippen LogP contribution in [0.25, 0.3) is 0 Å². The molecule has 0 bridgehead atoms. The van der Waals surface area contributed by atoms with E-state index in [1.165, 1.54) is 0 Å². The van der Waals surface area contributed by atoms with Gasteiger partial charge in [-0.15, -0.1) is 0 Å². The van der Waals surface area contributed by atoms with Gasteiger partial charge in [-0.3, -0.25) is 0 Å². The summed E-state index contributed by atoms with van der Waals surface area (Å²) in [5.41, 5.74) is 1.31. The summed E-state index contributed by atoms with van der Waals surface area (Å²) in [4.78, 5) is 11.6. The van der Waals surface area contributed by atoms with Crippen LogP contribution in [0, 0.1) is 0 Å². The van der Waals surface area contributed by atoms with Gasteiger partial charge in [0.25, 0.3) is 0 Å². The summed E-state index contributed by atoms with van der Waals surface area (Å²) in [5.74, 6) is -0.325. The van der Waals surface area contributed by atoms with Crippen molar-refractivity contribution in [2.75, 3.05) is 13.2 Å². The Morgan fingerprint density at radius 2 is 1.88 bits per heavy atom. The average Bonchev–Trinajstić information content (AvgIpc) is 2.69. The van der Waals surface area contributed by atoms with Gasteiger partial charge in [0.2, 0.25) is 0 Å². The van der Waals surface area contributed by atoms with E-state index < -0.39 is 0 Å². The molecule has 1 rings (SSSR count). The van der Waals surface area contributed by atoms with E-state index >= 15 is 0 Å². The largest absolute Gasteiger partial charge is 0.459 e. The van der Waals surface area contributed by atoms with Crippen LogP contribution in [0.1, 0.15) is 32.6 Å². The number of hydrogen-bond acceptors (Lipinski definition) is 3. The van der Waals surface area contributed by atoms with Crippen LogP contribution in [0.4, 0.5) is 0 Å². The molecule has 0 aliphatic heterocycles. The SMILES string of the molecule is C=C(C)COCC(=C)C(=O)OC1CCCC1. The predicted molar refractivity (Wildman–Crippen MR) is 63.1 cm³/mol. The molecule has 0 unspecified atom stereocenters. The quantitative estimate of drug-likeness (QED) is 0.395. The van der Waals surface area contributed by atoms with Gasteiger partial charge in [0.1, 0.15) is 6.10 Å². The van der Waals surface area contributed by atoms with Crippen LogP contribution in [0.5, 0.6) is 0 Å². The molecule has 0 spiro atoms. The zero-order valence-electron chi connectivity index (χ0n) is 9.96. The Balaban J connectivity index is 2.19. The Hall–Kier alpha value is -1.09. The van der Waals surface area contributed by atoms with Crippen LogP contribution in [0.2, 0.25) is 0 Å². The Kier molecular flexibility index (Phi) is 5.26. The second kappa shape index (κ2) is 6.48. The third kappa shape index (κ3) is 4.62. The molecule has 16 heavy (non-hydrogen) atoms. The lowest BCUT2D eigenvalue weighted by atomic mass is 10.3. The summed E-state index contributed by atoms with van der Waals surface area (Å²) in [7, 11) is 0. The fourth-order valence-corrected chi connectivity index (χ4v) is 1.65. The first kappa shape index (κ1) is 13.0. The fourth-order valence-electron chi connectivity index (χ4n) is 1.65. The molecule has 0 amide bonds. The molecule has 1 aliphatic rings. The highest BCUT2D eigenvalue weighted by atomic mass is 16.5. The first-order valence-electron chi connectivity index (χ1n) is 5.70. The minimum absolute atomic E-state index is 0.0883. The van der Waals surface area contributed by atoms with Gasteiger partial charge in [-0.1, -0.05) is 18.7 Å². The first-order chi connectivity index (χ1) is 7.59. The van der Waals surface area contributed by atoms with Crippen LogP contribution >= 0.6 is 0 Å². The number of ether oxygens (including phenoxy) is 2. The van der Waals surface area contributed by atoms with Crippen LogP contribution in [-0.2, 0) is 14.3 Å². The van der Waals surface area contributed by atoms with Crippen molar-refractivity contribution < 1.29 is 14.3 Å². The van der Waals surface area contributed by atoms with Gasteiger partial charge in [0.15, 0.2) is 0 Å². The zero-order chi connectivity index (χ0) is 12.0.